The number of β-amino-alcohol motifs (C(OH)–C–C–N with tert-alkyl or cyclic N) is 1. The molecule has 4 N–H and O–H groups in total. The summed E-state index contributed by atoms with van der Waals surface area (Å²) in [4.78, 5) is 23.0. The van der Waals surface area contributed by atoms with Crippen molar-refractivity contribution in [2.45, 2.75) is 56.9 Å². The van der Waals surface area contributed by atoms with Gasteiger partial charge < -0.3 is 20.8 Å². The second-order valence-corrected chi connectivity index (χ2v) is 8.56. The topological polar surface area (TPSA) is 111 Å². The first-order valence-electron chi connectivity index (χ1n) is 11.1. The molecule has 2 aromatic rings. The molecule has 0 bridgehead atoms. The molecule has 2 aliphatic rings. The van der Waals surface area contributed by atoms with Crippen molar-refractivity contribution in [2.24, 2.45) is 0 Å². The van der Waals surface area contributed by atoms with E-state index in [2.05, 4.69) is 43.7 Å². The number of nitrogens with one attached hydrogen (secondary N) is 2. The van der Waals surface area contributed by atoms with E-state index in [-0.39, 0.29) is 30.3 Å². The number of fused-ring (bicyclic) bond motifs is 1. The Morgan fingerprint density at radius 3 is 2.74 bits per heavy atom. The number of anilines is 1. The fraction of sp³-hybridized carbons (Fsp3) is 0.522. The van der Waals surface area contributed by atoms with Crippen LogP contribution in [0.2, 0.25) is 0 Å². The highest BCUT2D eigenvalue weighted by Gasteiger charge is 2.21. The van der Waals surface area contributed by atoms with Gasteiger partial charge in [-0.3, -0.25) is 9.69 Å². The molecule has 8 heteroatoms. The van der Waals surface area contributed by atoms with Crippen LogP contribution in [0, 0.1) is 0 Å². The summed E-state index contributed by atoms with van der Waals surface area (Å²) >= 11 is 0. The third kappa shape index (κ3) is 6.00. The van der Waals surface area contributed by atoms with Crippen LogP contribution >= 0.6 is 0 Å². The Balaban J connectivity index is 1.24. The maximum atomic E-state index is 12.5. The number of aliphatic hydroxyl groups excluding tert-OH is 2. The van der Waals surface area contributed by atoms with Gasteiger partial charge in [-0.1, -0.05) is 24.3 Å². The lowest BCUT2D eigenvalue weighted by Gasteiger charge is -2.30. The number of aromatic nitrogens is 2. The van der Waals surface area contributed by atoms with Crippen LogP contribution in [-0.2, 0) is 13.0 Å². The molecular formula is C23H31N5O3. The van der Waals surface area contributed by atoms with Crippen molar-refractivity contribution in [3.05, 3.63) is 53.5 Å². The average molecular weight is 426 g/mol. The van der Waals surface area contributed by atoms with E-state index in [1.165, 1.54) is 17.5 Å². The number of aliphatic hydroxyl groups is 2. The Kier molecular flexibility index (Phi) is 7.11. The third-order valence-electron chi connectivity index (χ3n) is 6.13. The summed E-state index contributed by atoms with van der Waals surface area (Å²) in [5, 5.41) is 26.1. The van der Waals surface area contributed by atoms with Crippen molar-refractivity contribution in [1.29, 1.82) is 0 Å². The maximum Gasteiger partial charge on any atom is 0.270 e. The zero-order chi connectivity index (χ0) is 21.6. The monoisotopic (exact) mass is 425 g/mol. The van der Waals surface area contributed by atoms with Gasteiger partial charge >= 0.3 is 0 Å². The molecule has 31 heavy (non-hydrogen) atoms. The minimum absolute atomic E-state index is 0.171. The van der Waals surface area contributed by atoms with Crippen molar-refractivity contribution < 1.29 is 15.0 Å². The molecule has 1 aromatic carbocycles. The lowest BCUT2D eigenvalue weighted by Crippen LogP contribution is -2.42. The summed E-state index contributed by atoms with van der Waals surface area (Å²) < 4.78 is 0. The van der Waals surface area contributed by atoms with Gasteiger partial charge in [0.25, 0.3) is 5.91 Å². The van der Waals surface area contributed by atoms with Crippen molar-refractivity contribution in [2.75, 3.05) is 25.0 Å². The van der Waals surface area contributed by atoms with E-state index in [9.17, 15) is 15.0 Å². The molecule has 8 nitrogen and oxygen atoms in total. The fourth-order valence-corrected chi connectivity index (χ4v) is 4.36. The summed E-state index contributed by atoms with van der Waals surface area (Å²) in [5.41, 5.74) is 2.95. The fourth-order valence-electron chi connectivity index (χ4n) is 4.36. The summed E-state index contributed by atoms with van der Waals surface area (Å²) in [5.74, 6) is 0.279. The minimum Gasteiger partial charge on any atom is -0.393 e. The van der Waals surface area contributed by atoms with E-state index in [1.807, 2.05) is 6.07 Å². The number of benzene rings is 1. The number of hydrogen-bond acceptors (Lipinski definition) is 7. The van der Waals surface area contributed by atoms with E-state index < -0.39 is 6.10 Å². The number of rotatable bonds is 7. The molecule has 166 valence electrons. The SMILES string of the molecule is O=C(NCC(O)CN1CCc2ccccc2C1)c1cc(NC2CCC(O)CC2)ncn1. The molecule has 1 atom stereocenters. The van der Waals surface area contributed by atoms with Crippen molar-refractivity contribution >= 4 is 11.7 Å². The van der Waals surface area contributed by atoms with Crippen LogP contribution in [0.1, 0.15) is 47.3 Å². The lowest BCUT2D eigenvalue weighted by atomic mass is 9.93. The summed E-state index contributed by atoms with van der Waals surface area (Å²) in [7, 11) is 0. The molecule has 1 fully saturated rings. The zero-order valence-electron chi connectivity index (χ0n) is 17.7. The van der Waals surface area contributed by atoms with Crippen molar-refractivity contribution in [3.63, 3.8) is 0 Å². The first kappa shape index (κ1) is 21.7. The number of nitrogens with zero attached hydrogens (tertiary/aromatic N) is 3. The molecule has 0 spiro atoms. The first-order valence-corrected chi connectivity index (χ1v) is 11.1. The predicted octanol–water partition coefficient (Wildman–Crippen LogP) is 1.34. The van der Waals surface area contributed by atoms with Gasteiger partial charge in [-0.25, -0.2) is 9.97 Å². The normalized spacial score (nSPS) is 22.4. The number of hydrogen-bond donors (Lipinski definition) is 4. The van der Waals surface area contributed by atoms with Crippen molar-refractivity contribution in [1.82, 2.24) is 20.2 Å². The van der Waals surface area contributed by atoms with Crippen LogP contribution in [0.5, 0.6) is 0 Å². The Labute approximate surface area is 182 Å². The van der Waals surface area contributed by atoms with Crippen LogP contribution in [0.25, 0.3) is 0 Å². The summed E-state index contributed by atoms with van der Waals surface area (Å²) in [6.45, 7) is 2.41. The van der Waals surface area contributed by atoms with E-state index in [1.54, 1.807) is 6.07 Å². The molecule has 1 aliphatic heterocycles. The summed E-state index contributed by atoms with van der Waals surface area (Å²) in [6.07, 6.45) is 4.79. The Morgan fingerprint density at radius 1 is 1.16 bits per heavy atom. The Bertz CT molecular complexity index is 885. The van der Waals surface area contributed by atoms with Gasteiger partial charge in [0.05, 0.1) is 12.2 Å². The summed E-state index contributed by atoms with van der Waals surface area (Å²) in [6, 6.07) is 10.3. The molecule has 1 aliphatic carbocycles. The number of carbonyl (C=O) groups excluding carboxylic acids is 1. The van der Waals surface area contributed by atoms with Crippen LogP contribution < -0.4 is 10.6 Å². The Morgan fingerprint density at radius 2 is 1.94 bits per heavy atom. The smallest absolute Gasteiger partial charge is 0.270 e. The van der Waals surface area contributed by atoms with E-state index in [4.69, 9.17) is 0 Å². The average Bonchev–Trinajstić information content (AvgIpc) is 2.79. The second kappa shape index (κ2) is 10.2. The molecule has 0 radical (unpaired) electrons. The number of carbonyl (C=O) groups is 1. The van der Waals surface area contributed by atoms with Gasteiger partial charge in [-0.2, -0.15) is 0 Å². The minimum atomic E-state index is -0.651. The molecule has 2 heterocycles. The first-order chi connectivity index (χ1) is 15.1. The zero-order valence-corrected chi connectivity index (χ0v) is 17.7. The molecule has 1 saturated carbocycles. The van der Waals surface area contributed by atoms with Gasteiger partial charge in [-0.15, -0.1) is 0 Å². The van der Waals surface area contributed by atoms with Crippen LogP contribution in [-0.4, -0.2) is 68.9 Å². The molecule has 1 amide bonds. The second-order valence-electron chi connectivity index (χ2n) is 8.56. The van der Waals surface area contributed by atoms with Crippen molar-refractivity contribution in [3.8, 4) is 0 Å². The molecule has 0 saturated heterocycles. The van der Waals surface area contributed by atoms with Crippen LogP contribution in [0.3, 0.4) is 0 Å². The van der Waals surface area contributed by atoms with Crippen LogP contribution in [0.15, 0.2) is 36.7 Å². The predicted molar refractivity (Wildman–Crippen MR) is 118 cm³/mol. The maximum absolute atomic E-state index is 12.5. The van der Waals surface area contributed by atoms with E-state index in [0.717, 1.165) is 45.2 Å². The van der Waals surface area contributed by atoms with E-state index >= 15 is 0 Å². The highest BCUT2D eigenvalue weighted by atomic mass is 16.3. The molecular weight excluding hydrogens is 394 g/mol. The van der Waals surface area contributed by atoms with Gasteiger partial charge in [0.2, 0.25) is 0 Å². The van der Waals surface area contributed by atoms with E-state index in [0.29, 0.717) is 12.4 Å². The number of amides is 1. The quantitative estimate of drug-likeness (QED) is 0.530. The molecule has 1 aromatic heterocycles. The highest BCUT2D eigenvalue weighted by molar-refractivity contribution is 5.92. The third-order valence-corrected chi connectivity index (χ3v) is 6.13. The van der Waals surface area contributed by atoms with Gasteiger partial charge in [0.15, 0.2) is 0 Å². The molecule has 1 unspecified atom stereocenters. The Hall–Kier alpha value is -2.55. The lowest BCUT2D eigenvalue weighted by molar-refractivity contribution is 0.0838. The standard InChI is InChI=1S/C23H31N5O3/c29-19-7-5-18(6-8-19)27-22-11-21(25-15-26-22)23(31)24-12-20(30)14-28-10-9-16-3-1-2-4-17(16)13-28/h1-4,11,15,18-20,29-30H,5-10,12-14H2,(H,24,31)(H,25,26,27). The van der Waals surface area contributed by atoms with Gasteiger partial charge in [0.1, 0.15) is 17.8 Å². The van der Waals surface area contributed by atoms with Gasteiger partial charge in [0, 0.05) is 38.3 Å². The van der Waals surface area contributed by atoms with Gasteiger partial charge in [-0.05, 0) is 43.2 Å². The largest absolute Gasteiger partial charge is 0.393 e. The molecule has 4 rings (SSSR count). The van der Waals surface area contributed by atoms with Crippen LogP contribution in [0.4, 0.5) is 5.82 Å². The highest BCUT2D eigenvalue weighted by Crippen LogP contribution is 2.21.